The van der Waals surface area contributed by atoms with Gasteiger partial charge in [-0.25, -0.2) is 4.39 Å². The zero-order chi connectivity index (χ0) is 12.1. The third-order valence-corrected chi connectivity index (χ3v) is 2.86. The minimum absolute atomic E-state index is 0. The van der Waals surface area contributed by atoms with Gasteiger partial charge in [-0.3, -0.25) is 0 Å². The molecule has 2 rings (SSSR count). The molecule has 0 amide bonds. The van der Waals surface area contributed by atoms with E-state index in [2.05, 4.69) is 24.4 Å². The molecule has 2 aromatic rings. The zero-order valence-corrected chi connectivity index (χ0v) is 11.1. The van der Waals surface area contributed by atoms with E-state index >= 15 is 0 Å². The van der Waals surface area contributed by atoms with Crippen molar-refractivity contribution in [3.63, 3.8) is 0 Å². The van der Waals surface area contributed by atoms with Crippen LogP contribution in [0.1, 0.15) is 24.1 Å². The van der Waals surface area contributed by atoms with Gasteiger partial charge in [0.05, 0.1) is 0 Å². The summed E-state index contributed by atoms with van der Waals surface area (Å²) in [5, 5.41) is 3.32. The Morgan fingerprint density at radius 1 is 1.00 bits per heavy atom. The molecular weight excluding hydrogens is 249 g/mol. The third-order valence-electron chi connectivity index (χ3n) is 2.86. The molecule has 1 unspecified atom stereocenters. The quantitative estimate of drug-likeness (QED) is 0.878. The average molecular weight is 266 g/mol. The van der Waals surface area contributed by atoms with Crippen molar-refractivity contribution in [3.8, 4) is 0 Å². The molecule has 0 aliphatic heterocycles. The summed E-state index contributed by atoms with van der Waals surface area (Å²) in [7, 11) is 0. The Morgan fingerprint density at radius 3 is 2.28 bits per heavy atom. The van der Waals surface area contributed by atoms with Crippen LogP contribution in [0.15, 0.2) is 54.6 Å². The van der Waals surface area contributed by atoms with E-state index in [1.165, 1.54) is 11.6 Å². The van der Waals surface area contributed by atoms with Crippen molar-refractivity contribution in [3.05, 3.63) is 71.5 Å². The molecule has 18 heavy (non-hydrogen) atoms. The van der Waals surface area contributed by atoms with Gasteiger partial charge < -0.3 is 5.32 Å². The standard InChI is InChI=1S/C15H16FN.ClH/c1-12(13-7-3-2-4-8-13)17-11-14-9-5-6-10-15(14)16;/h2-10,12,17H,11H2,1H3;1H. The lowest BCUT2D eigenvalue weighted by molar-refractivity contribution is 0.544. The second-order valence-electron chi connectivity index (χ2n) is 4.10. The number of halogens is 2. The summed E-state index contributed by atoms with van der Waals surface area (Å²) in [5.41, 5.74) is 1.92. The zero-order valence-electron chi connectivity index (χ0n) is 10.3. The van der Waals surface area contributed by atoms with Crippen LogP contribution in [0.4, 0.5) is 4.39 Å². The molecule has 96 valence electrons. The second-order valence-corrected chi connectivity index (χ2v) is 4.10. The molecule has 0 bridgehead atoms. The lowest BCUT2D eigenvalue weighted by atomic mass is 10.1. The van der Waals surface area contributed by atoms with Crippen molar-refractivity contribution in [1.82, 2.24) is 5.32 Å². The Labute approximate surface area is 113 Å². The monoisotopic (exact) mass is 265 g/mol. The molecule has 0 aromatic heterocycles. The van der Waals surface area contributed by atoms with Gasteiger partial charge in [0, 0.05) is 18.2 Å². The van der Waals surface area contributed by atoms with Crippen LogP contribution in [-0.2, 0) is 6.54 Å². The van der Waals surface area contributed by atoms with E-state index in [4.69, 9.17) is 0 Å². The Morgan fingerprint density at radius 2 is 1.61 bits per heavy atom. The molecule has 0 aliphatic rings. The van der Waals surface area contributed by atoms with Gasteiger partial charge in [0.2, 0.25) is 0 Å². The fraction of sp³-hybridized carbons (Fsp3) is 0.200. The molecule has 0 spiro atoms. The Balaban J connectivity index is 0.00000162. The minimum Gasteiger partial charge on any atom is -0.306 e. The first-order chi connectivity index (χ1) is 8.27. The first kappa shape index (κ1) is 14.7. The van der Waals surface area contributed by atoms with Crippen LogP contribution in [0.2, 0.25) is 0 Å². The van der Waals surface area contributed by atoms with Gasteiger partial charge >= 0.3 is 0 Å². The molecule has 0 saturated carbocycles. The Hall–Kier alpha value is -1.38. The highest BCUT2D eigenvalue weighted by Crippen LogP contribution is 2.13. The molecule has 0 radical (unpaired) electrons. The highest BCUT2D eigenvalue weighted by Gasteiger charge is 2.05. The molecule has 3 heteroatoms. The van der Waals surface area contributed by atoms with E-state index in [0.717, 1.165) is 0 Å². The van der Waals surface area contributed by atoms with E-state index in [0.29, 0.717) is 12.1 Å². The van der Waals surface area contributed by atoms with E-state index in [9.17, 15) is 4.39 Å². The maximum absolute atomic E-state index is 13.4. The number of benzene rings is 2. The molecular formula is C15H17ClFN. The molecule has 0 aliphatic carbocycles. The first-order valence-corrected chi connectivity index (χ1v) is 5.79. The van der Waals surface area contributed by atoms with Crippen molar-refractivity contribution >= 4 is 12.4 Å². The molecule has 1 N–H and O–H groups in total. The van der Waals surface area contributed by atoms with Crippen molar-refractivity contribution in [2.24, 2.45) is 0 Å². The van der Waals surface area contributed by atoms with Crippen molar-refractivity contribution in [2.75, 3.05) is 0 Å². The summed E-state index contributed by atoms with van der Waals surface area (Å²) >= 11 is 0. The van der Waals surface area contributed by atoms with Crippen LogP contribution < -0.4 is 5.32 Å². The van der Waals surface area contributed by atoms with Gasteiger partial charge in [-0.15, -0.1) is 12.4 Å². The van der Waals surface area contributed by atoms with Crippen molar-refractivity contribution < 1.29 is 4.39 Å². The number of hydrogen-bond donors (Lipinski definition) is 1. The van der Waals surface area contributed by atoms with Gasteiger partial charge in [-0.1, -0.05) is 48.5 Å². The van der Waals surface area contributed by atoms with Gasteiger partial charge in [-0.05, 0) is 18.6 Å². The summed E-state index contributed by atoms with van der Waals surface area (Å²) in [6.07, 6.45) is 0. The van der Waals surface area contributed by atoms with Crippen LogP contribution in [0, 0.1) is 5.82 Å². The maximum atomic E-state index is 13.4. The van der Waals surface area contributed by atoms with Crippen LogP contribution in [-0.4, -0.2) is 0 Å². The predicted molar refractivity (Wildman–Crippen MR) is 75.3 cm³/mol. The predicted octanol–water partition coefficient (Wildman–Crippen LogP) is 4.10. The lowest BCUT2D eigenvalue weighted by Gasteiger charge is -2.14. The first-order valence-electron chi connectivity index (χ1n) is 5.79. The Bertz CT molecular complexity index is 473. The highest BCUT2D eigenvalue weighted by atomic mass is 35.5. The van der Waals surface area contributed by atoms with Crippen LogP contribution in [0.3, 0.4) is 0 Å². The minimum atomic E-state index is -0.153. The Kier molecular flexibility index (Phi) is 5.83. The summed E-state index contributed by atoms with van der Waals surface area (Å²) in [6, 6.07) is 17.2. The van der Waals surface area contributed by atoms with E-state index in [-0.39, 0.29) is 24.3 Å². The SMILES string of the molecule is CC(NCc1ccccc1F)c1ccccc1.Cl. The average Bonchev–Trinajstić information content (AvgIpc) is 2.38. The number of hydrogen-bond acceptors (Lipinski definition) is 1. The van der Waals surface area contributed by atoms with Crippen LogP contribution in [0.25, 0.3) is 0 Å². The normalized spacial score (nSPS) is 11.7. The number of rotatable bonds is 4. The van der Waals surface area contributed by atoms with Gasteiger partial charge in [0.25, 0.3) is 0 Å². The highest BCUT2D eigenvalue weighted by molar-refractivity contribution is 5.85. The summed E-state index contributed by atoms with van der Waals surface area (Å²) in [5.74, 6) is -0.153. The van der Waals surface area contributed by atoms with Crippen LogP contribution in [0.5, 0.6) is 0 Å². The summed E-state index contributed by atoms with van der Waals surface area (Å²) < 4.78 is 13.4. The topological polar surface area (TPSA) is 12.0 Å². The molecule has 0 fully saturated rings. The van der Waals surface area contributed by atoms with E-state index in [1.807, 2.05) is 24.3 Å². The van der Waals surface area contributed by atoms with Gasteiger partial charge in [0.1, 0.15) is 5.82 Å². The molecule has 1 nitrogen and oxygen atoms in total. The molecule has 0 heterocycles. The molecule has 2 aromatic carbocycles. The van der Waals surface area contributed by atoms with E-state index in [1.54, 1.807) is 12.1 Å². The number of nitrogens with one attached hydrogen (secondary N) is 1. The van der Waals surface area contributed by atoms with Gasteiger partial charge in [0.15, 0.2) is 0 Å². The third kappa shape index (κ3) is 3.83. The van der Waals surface area contributed by atoms with E-state index < -0.39 is 0 Å². The smallest absolute Gasteiger partial charge is 0.127 e. The molecule has 1 atom stereocenters. The van der Waals surface area contributed by atoms with Crippen molar-refractivity contribution in [1.29, 1.82) is 0 Å². The fourth-order valence-corrected chi connectivity index (χ4v) is 1.76. The maximum Gasteiger partial charge on any atom is 0.127 e. The largest absolute Gasteiger partial charge is 0.306 e. The van der Waals surface area contributed by atoms with Crippen LogP contribution >= 0.6 is 12.4 Å². The summed E-state index contributed by atoms with van der Waals surface area (Å²) in [4.78, 5) is 0. The second kappa shape index (κ2) is 7.14. The lowest BCUT2D eigenvalue weighted by Crippen LogP contribution is -2.18. The summed E-state index contributed by atoms with van der Waals surface area (Å²) in [6.45, 7) is 2.62. The van der Waals surface area contributed by atoms with Crippen molar-refractivity contribution in [2.45, 2.75) is 19.5 Å². The molecule has 0 saturated heterocycles. The van der Waals surface area contributed by atoms with Gasteiger partial charge in [-0.2, -0.15) is 0 Å². The fourth-order valence-electron chi connectivity index (χ4n) is 1.76.